The molecule has 0 aliphatic carbocycles. The van der Waals surface area contributed by atoms with Gasteiger partial charge in [-0.25, -0.2) is 4.79 Å². The van der Waals surface area contributed by atoms with Crippen molar-refractivity contribution < 1.29 is 14.4 Å². The molecule has 0 aromatic heterocycles. The van der Waals surface area contributed by atoms with Gasteiger partial charge in [-0.1, -0.05) is 34.6 Å². The molecule has 102 valence electrons. The molecule has 1 unspecified atom stereocenters. The first-order chi connectivity index (χ1) is 8.13. The molecular formula is C13H22N2O3. The molecule has 1 N–H and O–H groups in total. The number of carbonyl (C=O) groups excluding carboxylic acids is 3. The highest BCUT2D eigenvalue weighted by Crippen LogP contribution is 2.23. The summed E-state index contributed by atoms with van der Waals surface area (Å²) in [7, 11) is 0. The van der Waals surface area contributed by atoms with Gasteiger partial charge in [-0.2, -0.15) is 0 Å². The first-order valence-electron chi connectivity index (χ1n) is 6.29. The molecule has 18 heavy (non-hydrogen) atoms. The van der Waals surface area contributed by atoms with E-state index in [9.17, 15) is 14.4 Å². The van der Waals surface area contributed by atoms with Gasteiger partial charge < -0.3 is 0 Å². The molecule has 1 atom stereocenters. The van der Waals surface area contributed by atoms with Gasteiger partial charge in [0, 0.05) is 6.54 Å². The first-order valence-corrected chi connectivity index (χ1v) is 6.29. The average Bonchev–Trinajstić information content (AvgIpc) is 2.13. The number of nitrogens with one attached hydrogen (secondary N) is 1. The molecule has 0 saturated carbocycles. The van der Waals surface area contributed by atoms with E-state index in [-0.39, 0.29) is 17.2 Å². The van der Waals surface area contributed by atoms with Gasteiger partial charge in [0.1, 0.15) is 5.92 Å². The van der Waals surface area contributed by atoms with Gasteiger partial charge in [0.25, 0.3) is 0 Å². The number of hydrogen-bond donors (Lipinski definition) is 1. The minimum absolute atomic E-state index is 0.0370. The number of urea groups is 1. The predicted molar refractivity (Wildman–Crippen MR) is 67.7 cm³/mol. The van der Waals surface area contributed by atoms with E-state index in [1.54, 1.807) is 13.8 Å². The van der Waals surface area contributed by atoms with E-state index in [2.05, 4.69) is 5.32 Å². The van der Waals surface area contributed by atoms with Crippen LogP contribution in [0.3, 0.4) is 0 Å². The second-order valence-corrected chi connectivity index (χ2v) is 6.32. The maximum atomic E-state index is 12.1. The van der Waals surface area contributed by atoms with Crippen LogP contribution in [0.4, 0.5) is 4.79 Å². The molecule has 0 bridgehead atoms. The van der Waals surface area contributed by atoms with Gasteiger partial charge in [-0.05, 0) is 17.8 Å². The molecule has 1 rings (SSSR count). The number of amides is 4. The zero-order valence-electron chi connectivity index (χ0n) is 11.7. The summed E-state index contributed by atoms with van der Waals surface area (Å²) in [5.41, 5.74) is 0.0370. The summed E-state index contributed by atoms with van der Waals surface area (Å²) < 4.78 is 0. The zero-order chi connectivity index (χ0) is 14.1. The lowest BCUT2D eigenvalue weighted by molar-refractivity contribution is -0.144. The highest BCUT2D eigenvalue weighted by Gasteiger charge is 2.41. The third-order valence-electron chi connectivity index (χ3n) is 3.04. The molecule has 1 fully saturated rings. The summed E-state index contributed by atoms with van der Waals surface area (Å²) in [6.45, 7) is 10.1. The number of carbonyl (C=O) groups is 3. The fourth-order valence-corrected chi connectivity index (χ4v) is 1.88. The lowest BCUT2D eigenvalue weighted by atomic mass is 9.89. The molecule has 1 aliphatic heterocycles. The summed E-state index contributed by atoms with van der Waals surface area (Å²) in [5.74, 6) is -1.71. The van der Waals surface area contributed by atoms with E-state index in [4.69, 9.17) is 0 Å². The maximum Gasteiger partial charge on any atom is 0.330 e. The van der Waals surface area contributed by atoms with Gasteiger partial charge in [0.2, 0.25) is 11.8 Å². The van der Waals surface area contributed by atoms with E-state index < -0.39 is 17.9 Å². The van der Waals surface area contributed by atoms with E-state index in [0.717, 1.165) is 4.90 Å². The van der Waals surface area contributed by atoms with Crippen LogP contribution in [0.15, 0.2) is 0 Å². The smallest absolute Gasteiger partial charge is 0.277 e. The molecule has 0 aromatic carbocycles. The van der Waals surface area contributed by atoms with Crippen LogP contribution in [0, 0.1) is 17.3 Å². The van der Waals surface area contributed by atoms with Crippen molar-refractivity contribution in [1.82, 2.24) is 10.2 Å². The Labute approximate surface area is 108 Å². The largest absolute Gasteiger partial charge is 0.330 e. The van der Waals surface area contributed by atoms with Crippen LogP contribution >= 0.6 is 0 Å². The Kier molecular flexibility index (Phi) is 4.14. The van der Waals surface area contributed by atoms with Crippen LogP contribution in [0.25, 0.3) is 0 Å². The van der Waals surface area contributed by atoms with Crippen LogP contribution in [-0.4, -0.2) is 29.3 Å². The van der Waals surface area contributed by atoms with Crippen molar-refractivity contribution in [3.63, 3.8) is 0 Å². The van der Waals surface area contributed by atoms with Crippen molar-refractivity contribution in [2.75, 3.05) is 6.54 Å². The molecule has 5 heteroatoms. The highest BCUT2D eigenvalue weighted by molar-refractivity contribution is 6.16. The van der Waals surface area contributed by atoms with Crippen molar-refractivity contribution in [2.45, 2.75) is 41.0 Å². The van der Waals surface area contributed by atoms with E-state index in [1.807, 2.05) is 20.8 Å². The van der Waals surface area contributed by atoms with Gasteiger partial charge in [-0.3, -0.25) is 19.8 Å². The lowest BCUT2D eigenvalue weighted by Crippen LogP contribution is -2.59. The number of hydrogen-bond acceptors (Lipinski definition) is 3. The molecular weight excluding hydrogens is 232 g/mol. The van der Waals surface area contributed by atoms with Gasteiger partial charge in [-0.15, -0.1) is 0 Å². The second-order valence-electron chi connectivity index (χ2n) is 6.32. The Morgan fingerprint density at radius 1 is 1.22 bits per heavy atom. The topological polar surface area (TPSA) is 66.5 Å². The summed E-state index contributed by atoms with van der Waals surface area (Å²) in [6.07, 6.45) is 0.713. The Hall–Kier alpha value is -1.39. The molecule has 0 aromatic rings. The molecule has 5 nitrogen and oxygen atoms in total. The SMILES string of the molecule is CC(C)C1C(=O)NC(=O)N(CCC(C)(C)C)C1=O. The minimum Gasteiger partial charge on any atom is -0.277 e. The predicted octanol–water partition coefficient (Wildman–Crippen LogP) is 1.77. The van der Waals surface area contributed by atoms with Crippen molar-refractivity contribution in [2.24, 2.45) is 17.3 Å². The first kappa shape index (κ1) is 14.7. The van der Waals surface area contributed by atoms with Gasteiger partial charge in [0.15, 0.2) is 0 Å². The average molecular weight is 254 g/mol. The Bertz CT molecular complexity index is 369. The van der Waals surface area contributed by atoms with Crippen LogP contribution in [0.2, 0.25) is 0 Å². The maximum absolute atomic E-state index is 12.1. The molecule has 0 spiro atoms. The molecule has 1 heterocycles. The Morgan fingerprint density at radius 3 is 2.22 bits per heavy atom. The Morgan fingerprint density at radius 2 is 1.78 bits per heavy atom. The van der Waals surface area contributed by atoms with Crippen molar-refractivity contribution in [3.8, 4) is 0 Å². The van der Waals surface area contributed by atoms with Crippen molar-refractivity contribution in [1.29, 1.82) is 0 Å². The minimum atomic E-state index is -0.748. The zero-order valence-corrected chi connectivity index (χ0v) is 11.7. The third kappa shape index (κ3) is 3.31. The van der Waals surface area contributed by atoms with E-state index in [0.29, 0.717) is 13.0 Å². The monoisotopic (exact) mass is 254 g/mol. The highest BCUT2D eigenvalue weighted by atomic mass is 16.2. The van der Waals surface area contributed by atoms with Gasteiger partial charge >= 0.3 is 6.03 Å². The number of nitrogens with zero attached hydrogens (tertiary/aromatic N) is 1. The fraction of sp³-hybridized carbons (Fsp3) is 0.769. The number of barbiturate groups is 1. The van der Waals surface area contributed by atoms with Crippen molar-refractivity contribution >= 4 is 17.8 Å². The molecule has 1 saturated heterocycles. The molecule has 4 amide bonds. The normalized spacial score (nSPS) is 21.6. The lowest BCUT2D eigenvalue weighted by Gasteiger charge is -2.33. The van der Waals surface area contributed by atoms with E-state index in [1.165, 1.54) is 0 Å². The summed E-state index contributed by atoms with van der Waals surface area (Å²) in [5, 5.41) is 2.25. The Balaban J connectivity index is 2.81. The second kappa shape index (κ2) is 5.08. The molecule has 0 radical (unpaired) electrons. The van der Waals surface area contributed by atoms with Crippen LogP contribution in [0.1, 0.15) is 41.0 Å². The molecule has 1 aliphatic rings. The standard InChI is InChI=1S/C13H22N2O3/c1-8(2)9-10(16)14-12(18)15(11(9)17)7-6-13(3,4)5/h8-9H,6-7H2,1-5H3,(H,14,16,18). The fourth-order valence-electron chi connectivity index (χ4n) is 1.88. The van der Waals surface area contributed by atoms with Gasteiger partial charge in [0.05, 0.1) is 0 Å². The quantitative estimate of drug-likeness (QED) is 0.781. The van der Waals surface area contributed by atoms with E-state index >= 15 is 0 Å². The summed E-state index contributed by atoms with van der Waals surface area (Å²) >= 11 is 0. The summed E-state index contributed by atoms with van der Waals surface area (Å²) in [4.78, 5) is 36.6. The van der Waals surface area contributed by atoms with Crippen LogP contribution in [-0.2, 0) is 9.59 Å². The number of rotatable bonds is 3. The van der Waals surface area contributed by atoms with Crippen LogP contribution in [0.5, 0.6) is 0 Å². The summed E-state index contributed by atoms with van der Waals surface area (Å²) in [6, 6.07) is -0.592. The van der Waals surface area contributed by atoms with Crippen molar-refractivity contribution in [3.05, 3.63) is 0 Å². The number of imide groups is 2. The third-order valence-corrected chi connectivity index (χ3v) is 3.04. The van der Waals surface area contributed by atoms with Crippen LogP contribution < -0.4 is 5.32 Å².